The molecular formula is C25H25FN8O. The molecule has 4 aromatic rings. The molecule has 3 aromatic heterocycles. The van der Waals surface area contributed by atoms with Crippen molar-refractivity contribution in [2.45, 2.75) is 38.8 Å². The fraction of sp³-hybridized carbons (Fsp3) is 0.360. The van der Waals surface area contributed by atoms with Gasteiger partial charge in [0.2, 0.25) is 0 Å². The van der Waals surface area contributed by atoms with Crippen molar-refractivity contribution in [2.75, 3.05) is 11.9 Å². The number of fused-ring (bicyclic) bond motifs is 3. The molecule has 1 amide bonds. The normalized spacial score (nSPS) is 23.2. The monoisotopic (exact) mass is 472 g/mol. The zero-order chi connectivity index (χ0) is 24.1. The summed E-state index contributed by atoms with van der Waals surface area (Å²) in [5.74, 6) is 1.06. The fourth-order valence-corrected chi connectivity index (χ4v) is 5.33. The van der Waals surface area contributed by atoms with E-state index in [1.54, 1.807) is 24.7 Å². The first kappa shape index (κ1) is 21.6. The number of amides is 1. The second kappa shape index (κ2) is 8.37. The predicted molar refractivity (Wildman–Crippen MR) is 128 cm³/mol. The van der Waals surface area contributed by atoms with E-state index in [4.69, 9.17) is 0 Å². The van der Waals surface area contributed by atoms with E-state index in [1.807, 2.05) is 24.0 Å². The van der Waals surface area contributed by atoms with Gasteiger partial charge in [-0.1, -0.05) is 6.92 Å². The van der Waals surface area contributed by atoms with Crippen LogP contribution >= 0.6 is 0 Å². The number of anilines is 1. The Labute approximate surface area is 201 Å². The molecule has 10 heteroatoms. The number of carbonyl (C=O) groups is 1. The molecule has 178 valence electrons. The van der Waals surface area contributed by atoms with Crippen molar-refractivity contribution in [1.29, 1.82) is 0 Å². The lowest BCUT2D eigenvalue weighted by molar-refractivity contribution is -0.0505. The zero-order valence-electron chi connectivity index (χ0n) is 19.5. The molecule has 5 heterocycles. The SMILES string of the molecule is Cc1ccc(-n2nccn2)c(C(=O)N2C3CC(C3)[C@@H](C)C2CNc2cnc3cc(F)ccc3n2)n1. The van der Waals surface area contributed by atoms with Gasteiger partial charge in [-0.25, -0.2) is 14.4 Å². The Morgan fingerprint density at radius 2 is 1.91 bits per heavy atom. The summed E-state index contributed by atoms with van der Waals surface area (Å²) in [6.45, 7) is 4.61. The summed E-state index contributed by atoms with van der Waals surface area (Å²) in [4.78, 5) is 30.9. The molecule has 1 unspecified atom stereocenters. The number of hydrogen-bond acceptors (Lipinski definition) is 7. The van der Waals surface area contributed by atoms with E-state index < -0.39 is 0 Å². The molecule has 9 nitrogen and oxygen atoms in total. The molecule has 35 heavy (non-hydrogen) atoms. The second-order valence-electron chi connectivity index (χ2n) is 9.43. The summed E-state index contributed by atoms with van der Waals surface area (Å²) >= 11 is 0. The van der Waals surface area contributed by atoms with E-state index >= 15 is 0 Å². The molecule has 3 aliphatic rings. The van der Waals surface area contributed by atoms with Crippen LogP contribution in [0.4, 0.5) is 10.2 Å². The number of rotatable bonds is 5. The van der Waals surface area contributed by atoms with E-state index in [9.17, 15) is 9.18 Å². The number of piperidine rings is 2. The lowest BCUT2D eigenvalue weighted by atomic mass is 9.64. The molecular weight excluding hydrogens is 447 g/mol. The van der Waals surface area contributed by atoms with Gasteiger partial charge in [-0.2, -0.15) is 10.2 Å². The zero-order valence-corrected chi connectivity index (χ0v) is 19.5. The molecule has 2 atom stereocenters. The van der Waals surface area contributed by atoms with E-state index in [1.165, 1.54) is 16.9 Å². The minimum absolute atomic E-state index is 0.0357. The number of nitrogens with zero attached hydrogens (tertiary/aromatic N) is 7. The number of halogens is 1. The van der Waals surface area contributed by atoms with Crippen LogP contribution in [0.3, 0.4) is 0 Å². The first-order valence-corrected chi connectivity index (χ1v) is 11.8. The fourth-order valence-electron chi connectivity index (χ4n) is 5.33. The quantitative estimate of drug-likeness (QED) is 0.475. The number of hydrogen-bond donors (Lipinski definition) is 1. The minimum atomic E-state index is -0.341. The van der Waals surface area contributed by atoms with Gasteiger partial charge in [-0.15, -0.1) is 4.80 Å². The van der Waals surface area contributed by atoms with Crippen molar-refractivity contribution in [3.63, 3.8) is 0 Å². The highest BCUT2D eigenvalue weighted by atomic mass is 19.1. The molecule has 1 aromatic carbocycles. The first-order chi connectivity index (χ1) is 17.0. The summed E-state index contributed by atoms with van der Waals surface area (Å²) in [5, 5.41) is 11.8. The molecule has 0 spiro atoms. The van der Waals surface area contributed by atoms with Crippen molar-refractivity contribution in [3.05, 3.63) is 66.1 Å². The molecule has 2 bridgehead atoms. The lowest BCUT2D eigenvalue weighted by Gasteiger charge is -2.57. The average molecular weight is 473 g/mol. The Morgan fingerprint density at radius 3 is 2.71 bits per heavy atom. The number of nitrogens with one attached hydrogen (secondary N) is 1. The number of benzene rings is 1. The van der Waals surface area contributed by atoms with Gasteiger partial charge in [0, 0.05) is 24.3 Å². The molecule has 0 radical (unpaired) electrons. The van der Waals surface area contributed by atoms with Crippen LogP contribution in [0.1, 0.15) is 35.9 Å². The maximum Gasteiger partial charge on any atom is 0.275 e. The van der Waals surface area contributed by atoms with Gasteiger partial charge in [0.25, 0.3) is 5.91 Å². The van der Waals surface area contributed by atoms with E-state index in [0.29, 0.717) is 46.6 Å². The van der Waals surface area contributed by atoms with Gasteiger partial charge in [-0.05, 0) is 55.9 Å². The van der Waals surface area contributed by atoms with Crippen LogP contribution in [-0.2, 0) is 0 Å². The highest BCUT2D eigenvalue weighted by Crippen LogP contribution is 2.47. The average Bonchev–Trinajstić information content (AvgIpc) is 3.36. The van der Waals surface area contributed by atoms with E-state index in [0.717, 1.165) is 18.5 Å². The van der Waals surface area contributed by atoms with Crippen LogP contribution < -0.4 is 5.32 Å². The lowest BCUT2D eigenvalue weighted by Crippen LogP contribution is -2.64. The van der Waals surface area contributed by atoms with Gasteiger partial charge < -0.3 is 10.2 Å². The number of carbonyl (C=O) groups excluding carboxylic acids is 1. The maximum atomic E-state index is 14.0. The number of aryl methyl sites for hydroxylation is 1. The van der Waals surface area contributed by atoms with Crippen molar-refractivity contribution >= 4 is 22.8 Å². The molecule has 2 saturated heterocycles. The van der Waals surface area contributed by atoms with Gasteiger partial charge in [-0.3, -0.25) is 9.78 Å². The van der Waals surface area contributed by atoms with Gasteiger partial charge in [0.05, 0.1) is 35.7 Å². The topological polar surface area (TPSA) is 102 Å². The molecule has 7 rings (SSSR count). The Balaban J connectivity index is 1.29. The van der Waals surface area contributed by atoms with Gasteiger partial charge in [0.15, 0.2) is 5.69 Å². The van der Waals surface area contributed by atoms with Crippen molar-refractivity contribution in [3.8, 4) is 5.69 Å². The van der Waals surface area contributed by atoms with Crippen molar-refractivity contribution in [2.24, 2.45) is 11.8 Å². The maximum absolute atomic E-state index is 14.0. The van der Waals surface area contributed by atoms with Gasteiger partial charge in [0.1, 0.15) is 17.3 Å². The molecule has 3 fully saturated rings. The Hall–Kier alpha value is -3.95. The summed E-state index contributed by atoms with van der Waals surface area (Å²) in [6, 6.07) is 8.20. The number of pyridine rings is 1. The van der Waals surface area contributed by atoms with Crippen LogP contribution in [0.25, 0.3) is 16.7 Å². The van der Waals surface area contributed by atoms with E-state index in [-0.39, 0.29) is 23.8 Å². The van der Waals surface area contributed by atoms with Crippen LogP contribution in [0.5, 0.6) is 0 Å². The number of aromatic nitrogens is 6. The summed E-state index contributed by atoms with van der Waals surface area (Å²) in [7, 11) is 0. The van der Waals surface area contributed by atoms with Crippen molar-refractivity contribution in [1.82, 2.24) is 34.8 Å². The second-order valence-corrected chi connectivity index (χ2v) is 9.43. The first-order valence-electron chi connectivity index (χ1n) is 11.8. The molecule has 1 aliphatic carbocycles. The predicted octanol–water partition coefficient (Wildman–Crippen LogP) is 3.40. The highest BCUT2D eigenvalue weighted by Gasteiger charge is 2.51. The standard InChI is InChI=1S/C25H25FN8O/c1-14-3-6-21(34-29-7-8-30-34)24(31-14)25(35)33-18-9-16(10-18)15(2)22(33)12-28-23-13-27-20-11-17(26)4-5-19(20)32-23/h3-8,11,13,15-16,18,22H,9-10,12H2,1-2H3,(H,28,32)/t15-,16?,18?,22?/m1/s1. The minimum Gasteiger partial charge on any atom is -0.367 e. The highest BCUT2D eigenvalue weighted by molar-refractivity contribution is 5.96. The third-order valence-electron chi connectivity index (χ3n) is 7.33. The summed E-state index contributed by atoms with van der Waals surface area (Å²) < 4.78 is 13.5. The van der Waals surface area contributed by atoms with E-state index in [2.05, 4.69) is 37.4 Å². The third-order valence-corrected chi connectivity index (χ3v) is 7.33. The van der Waals surface area contributed by atoms with Crippen LogP contribution in [0, 0.1) is 24.6 Å². The van der Waals surface area contributed by atoms with Crippen LogP contribution in [0.15, 0.2) is 48.9 Å². The smallest absolute Gasteiger partial charge is 0.275 e. The molecule has 1 saturated carbocycles. The summed E-state index contributed by atoms with van der Waals surface area (Å²) in [5.41, 5.74) is 2.81. The largest absolute Gasteiger partial charge is 0.367 e. The Morgan fingerprint density at radius 1 is 1.11 bits per heavy atom. The third kappa shape index (κ3) is 3.78. The van der Waals surface area contributed by atoms with Crippen molar-refractivity contribution < 1.29 is 9.18 Å². The summed E-state index contributed by atoms with van der Waals surface area (Å²) in [6.07, 6.45) is 6.78. The Bertz CT molecular complexity index is 1400. The van der Waals surface area contributed by atoms with Crippen LogP contribution in [-0.4, -0.2) is 59.4 Å². The van der Waals surface area contributed by atoms with Gasteiger partial charge >= 0.3 is 0 Å². The Kier molecular flexibility index (Phi) is 5.16. The van der Waals surface area contributed by atoms with Crippen LogP contribution in [0.2, 0.25) is 0 Å². The molecule has 1 N–H and O–H groups in total. The molecule has 2 aliphatic heterocycles.